The Morgan fingerprint density at radius 1 is 1.17 bits per heavy atom. The lowest BCUT2D eigenvalue weighted by Gasteiger charge is -2.05. The maximum atomic E-state index is 12.4. The van der Waals surface area contributed by atoms with Crippen LogP contribution in [0.2, 0.25) is 0 Å². The summed E-state index contributed by atoms with van der Waals surface area (Å²) < 4.78 is 15.9. The number of ether oxygens (including phenoxy) is 3. The minimum Gasteiger partial charge on any atom is -0.495 e. The van der Waals surface area contributed by atoms with E-state index in [1.54, 1.807) is 31.4 Å². The molecule has 1 aliphatic rings. The fourth-order valence-corrected chi connectivity index (χ4v) is 2.59. The number of aromatic amines is 1. The average molecular weight is 310 g/mol. The van der Waals surface area contributed by atoms with E-state index in [4.69, 9.17) is 14.2 Å². The quantitative estimate of drug-likeness (QED) is 0.779. The third-order valence-electron chi connectivity index (χ3n) is 3.71. The van der Waals surface area contributed by atoms with Crippen molar-refractivity contribution in [3.63, 3.8) is 0 Å². The molecule has 0 bridgehead atoms. The molecule has 0 spiro atoms. The number of benzene rings is 2. The molecule has 2 heterocycles. The zero-order valence-electron chi connectivity index (χ0n) is 12.4. The first-order valence-electron chi connectivity index (χ1n) is 7.11. The van der Waals surface area contributed by atoms with Gasteiger partial charge in [0.15, 0.2) is 11.5 Å². The molecule has 6 heteroatoms. The Bertz CT molecular complexity index is 901. The number of H-pyrrole nitrogens is 1. The van der Waals surface area contributed by atoms with Crippen LogP contribution in [0.4, 0.5) is 5.69 Å². The van der Waals surface area contributed by atoms with E-state index in [1.807, 2.05) is 18.2 Å². The van der Waals surface area contributed by atoms with Crippen molar-refractivity contribution in [1.29, 1.82) is 0 Å². The number of para-hydroxylation sites is 1. The van der Waals surface area contributed by atoms with Gasteiger partial charge in [-0.2, -0.15) is 0 Å². The molecule has 0 fully saturated rings. The lowest BCUT2D eigenvalue weighted by atomic mass is 10.2. The molecule has 3 aromatic rings. The molecule has 23 heavy (non-hydrogen) atoms. The average Bonchev–Trinajstić information content (AvgIpc) is 3.20. The Hall–Kier alpha value is -3.15. The van der Waals surface area contributed by atoms with E-state index in [-0.39, 0.29) is 12.7 Å². The second-order valence-electron chi connectivity index (χ2n) is 5.13. The molecule has 0 saturated carbocycles. The number of anilines is 1. The molecule has 0 atom stereocenters. The molecule has 1 aromatic heterocycles. The molecule has 0 aliphatic carbocycles. The third-order valence-corrected chi connectivity index (χ3v) is 3.71. The summed E-state index contributed by atoms with van der Waals surface area (Å²) in [6.07, 6.45) is 0. The van der Waals surface area contributed by atoms with Crippen LogP contribution >= 0.6 is 0 Å². The second-order valence-corrected chi connectivity index (χ2v) is 5.13. The van der Waals surface area contributed by atoms with Crippen molar-refractivity contribution in [3.05, 3.63) is 48.2 Å². The fraction of sp³-hybridized carbons (Fsp3) is 0.118. The van der Waals surface area contributed by atoms with Crippen molar-refractivity contribution in [2.75, 3.05) is 19.2 Å². The van der Waals surface area contributed by atoms with Crippen molar-refractivity contribution in [2.24, 2.45) is 0 Å². The van der Waals surface area contributed by atoms with Gasteiger partial charge in [-0.05, 0) is 24.3 Å². The number of aromatic nitrogens is 1. The standard InChI is InChI=1S/C17H14N2O4/c1-21-14-4-2-3-10-7-12(19-16(10)14)17(20)18-11-5-6-13-15(8-11)23-9-22-13/h2-8,19H,9H2,1H3,(H,18,20). The molecule has 116 valence electrons. The van der Waals surface area contributed by atoms with Crippen LogP contribution in [-0.4, -0.2) is 24.8 Å². The van der Waals surface area contributed by atoms with Crippen LogP contribution in [-0.2, 0) is 0 Å². The summed E-state index contributed by atoms with van der Waals surface area (Å²) in [6, 6.07) is 12.7. The smallest absolute Gasteiger partial charge is 0.272 e. The highest BCUT2D eigenvalue weighted by Gasteiger charge is 2.16. The van der Waals surface area contributed by atoms with Crippen molar-refractivity contribution in [1.82, 2.24) is 4.98 Å². The van der Waals surface area contributed by atoms with E-state index in [0.717, 1.165) is 10.9 Å². The number of nitrogens with one attached hydrogen (secondary N) is 2. The molecule has 2 N–H and O–H groups in total. The van der Waals surface area contributed by atoms with Gasteiger partial charge in [0.1, 0.15) is 11.4 Å². The highest BCUT2D eigenvalue weighted by Crippen LogP contribution is 2.34. The van der Waals surface area contributed by atoms with Crippen LogP contribution in [0.3, 0.4) is 0 Å². The Kier molecular flexibility index (Phi) is 3.08. The number of carbonyl (C=O) groups is 1. The van der Waals surface area contributed by atoms with Crippen molar-refractivity contribution < 1.29 is 19.0 Å². The molecule has 0 saturated heterocycles. The van der Waals surface area contributed by atoms with E-state index in [9.17, 15) is 4.79 Å². The monoisotopic (exact) mass is 310 g/mol. The van der Waals surface area contributed by atoms with Gasteiger partial charge in [0.05, 0.1) is 12.6 Å². The summed E-state index contributed by atoms with van der Waals surface area (Å²) in [5, 5.41) is 3.76. The number of hydrogen-bond acceptors (Lipinski definition) is 4. The lowest BCUT2D eigenvalue weighted by molar-refractivity contribution is 0.102. The molecule has 1 aliphatic heterocycles. The van der Waals surface area contributed by atoms with Crippen LogP contribution in [0.1, 0.15) is 10.5 Å². The largest absolute Gasteiger partial charge is 0.495 e. The van der Waals surface area contributed by atoms with E-state index in [0.29, 0.717) is 28.6 Å². The minimum atomic E-state index is -0.234. The van der Waals surface area contributed by atoms with Gasteiger partial charge in [0, 0.05) is 17.1 Å². The number of methoxy groups -OCH3 is 1. The molecule has 0 unspecified atom stereocenters. The summed E-state index contributed by atoms with van der Waals surface area (Å²) >= 11 is 0. The van der Waals surface area contributed by atoms with Crippen LogP contribution in [0.5, 0.6) is 17.2 Å². The van der Waals surface area contributed by atoms with E-state index >= 15 is 0 Å². The number of fused-ring (bicyclic) bond motifs is 2. The summed E-state index contributed by atoms with van der Waals surface area (Å²) in [5.41, 5.74) is 1.90. The van der Waals surface area contributed by atoms with Crippen LogP contribution in [0, 0.1) is 0 Å². The first-order chi connectivity index (χ1) is 11.2. The predicted octanol–water partition coefficient (Wildman–Crippen LogP) is 3.16. The number of rotatable bonds is 3. The van der Waals surface area contributed by atoms with Crippen molar-refractivity contribution in [3.8, 4) is 17.2 Å². The molecular formula is C17H14N2O4. The van der Waals surface area contributed by atoms with Crippen LogP contribution < -0.4 is 19.5 Å². The number of carbonyl (C=O) groups excluding carboxylic acids is 1. The Balaban J connectivity index is 1.62. The molecule has 2 aromatic carbocycles. The summed E-state index contributed by atoms with van der Waals surface area (Å²) in [6.45, 7) is 0.203. The summed E-state index contributed by atoms with van der Waals surface area (Å²) in [7, 11) is 1.60. The van der Waals surface area contributed by atoms with Gasteiger partial charge in [-0.25, -0.2) is 0 Å². The summed E-state index contributed by atoms with van der Waals surface area (Å²) in [4.78, 5) is 15.5. The Morgan fingerprint density at radius 2 is 2.04 bits per heavy atom. The van der Waals surface area contributed by atoms with Gasteiger partial charge in [-0.1, -0.05) is 12.1 Å². The molecule has 0 radical (unpaired) electrons. The Morgan fingerprint density at radius 3 is 2.91 bits per heavy atom. The first kappa shape index (κ1) is 13.5. The third kappa shape index (κ3) is 2.34. The fourth-order valence-electron chi connectivity index (χ4n) is 2.59. The van der Waals surface area contributed by atoms with Crippen LogP contribution in [0.15, 0.2) is 42.5 Å². The lowest BCUT2D eigenvalue weighted by Crippen LogP contribution is -2.12. The topological polar surface area (TPSA) is 72.6 Å². The van der Waals surface area contributed by atoms with Gasteiger partial charge >= 0.3 is 0 Å². The number of hydrogen-bond donors (Lipinski definition) is 2. The highest BCUT2D eigenvalue weighted by atomic mass is 16.7. The van der Waals surface area contributed by atoms with Gasteiger partial charge in [0.25, 0.3) is 5.91 Å². The Labute approximate surface area is 132 Å². The summed E-state index contributed by atoms with van der Waals surface area (Å²) in [5.74, 6) is 1.77. The van der Waals surface area contributed by atoms with E-state index < -0.39 is 0 Å². The maximum Gasteiger partial charge on any atom is 0.272 e. The van der Waals surface area contributed by atoms with Crippen molar-refractivity contribution in [2.45, 2.75) is 0 Å². The zero-order valence-corrected chi connectivity index (χ0v) is 12.4. The van der Waals surface area contributed by atoms with E-state index in [2.05, 4.69) is 10.3 Å². The van der Waals surface area contributed by atoms with Gasteiger partial charge < -0.3 is 24.5 Å². The van der Waals surface area contributed by atoms with Crippen LogP contribution in [0.25, 0.3) is 10.9 Å². The molecule has 4 rings (SSSR count). The number of amides is 1. The predicted molar refractivity (Wildman–Crippen MR) is 85.4 cm³/mol. The van der Waals surface area contributed by atoms with E-state index in [1.165, 1.54) is 0 Å². The zero-order chi connectivity index (χ0) is 15.8. The molecule has 1 amide bonds. The maximum absolute atomic E-state index is 12.4. The molecular weight excluding hydrogens is 296 g/mol. The van der Waals surface area contributed by atoms with Gasteiger partial charge in [0.2, 0.25) is 6.79 Å². The van der Waals surface area contributed by atoms with Crippen molar-refractivity contribution >= 4 is 22.5 Å². The van der Waals surface area contributed by atoms with Gasteiger partial charge in [-0.15, -0.1) is 0 Å². The SMILES string of the molecule is COc1cccc2cc(C(=O)Nc3ccc4c(c3)OCO4)[nH]c12. The minimum absolute atomic E-state index is 0.203. The molecule has 6 nitrogen and oxygen atoms in total. The normalized spacial score (nSPS) is 12.4. The highest BCUT2D eigenvalue weighted by molar-refractivity contribution is 6.06. The van der Waals surface area contributed by atoms with Gasteiger partial charge in [-0.3, -0.25) is 4.79 Å². The first-order valence-corrected chi connectivity index (χ1v) is 7.11. The second kappa shape index (κ2) is 5.24.